The molecule has 0 radical (unpaired) electrons. The zero-order chi connectivity index (χ0) is 21.8. The van der Waals surface area contributed by atoms with Crippen molar-refractivity contribution >= 4 is 10.0 Å². The Morgan fingerprint density at radius 1 is 0.968 bits per heavy atom. The molecule has 0 saturated heterocycles. The normalized spacial score (nSPS) is 11.4. The molecule has 0 aliphatic carbocycles. The molecule has 7 nitrogen and oxygen atoms in total. The van der Waals surface area contributed by atoms with Crippen molar-refractivity contribution in [2.45, 2.75) is 18.4 Å². The molecule has 31 heavy (non-hydrogen) atoms. The monoisotopic (exact) mass is 435 g/mol. The summed E-state index contributed by atoms with van der Waals surface area (Å²) in [6.07, 6.45) is 0. The molecular formula is C23H21N3O4S. The third kappa shape index (κ3) is 4.82. The fourth-order valence-electron chi connectivity index (χ4n) is 3.00. The molecule has 0 atom stereocenters. The number of ether oxygens (including phenoxy) is 1. The minimum atomic E-state index is -3.74. The van der Waals surface area contributed by atoms with Crippen LogP contribution in [0.1, 0.15) is 11.1 Å². The standard InChI is InChI=1S/C23H21N3O4S/c1-16-9-11-18(12-10-16)22-25-23(30-26-22)19-6-4-8-21(14-19)31(27,28)24-15-17-5-3-7-20(13-17)29-2/h3-14,24H,15H2,1-2H3. The summed E-state index contributed by atoms with van der Waals surface area (Å²) in [5.74, 6) is 1.36. The molecular weight excluding hydrogens is 414 g/mol. The number of benzene rings is 3. The molecule has 1 N–H and O–H groups in total. The highest BCUT2D eigenvalue weighted by atomic mass is 32.2. The van der Waals surface area contributed by atoms with E-state index in [0.29, 0.717) is 17.1 Å². The van der Waals surface area contributed by atoms with Crippen molar-refractivity contribution in [2.24, 2.45) is 0 Å². The van der Waals surface area contributed by atoms with Crippen LogP contribution in [0.25, 0.3) is 22.8 Å². The Morgan fingerprint density at radius 3 is 2.52 bits per heavy atom. The van der Waals surface area contributed by atoms with Gasteiger partial charge in [-0.15, -0.1) is 0 Å². The average Bonchev–Trinajstić information content (AvgIpc) is 3.29. The molecule has 0 unspecified atom stereocenters. The highest BCUT2D eigenvalue weighted by Gasteiger charge is 2.17. The Hall–Kier alpha value is -3.49. The molecule has 8 heteroatoms. The van der Waals surface area contributed by atoms with E-state index in [9.17, 15) is 8.42 Å². The van der Waals surface area contributed by atoms with Crippen LogP contribution in [0.15, 0.2) is 82.2 Å². The predicted molar refractivity (Wildman–Crippen MR) is 117 cm³/mol. The number of nitrogens with zero attached hydrogens (tertiary/aromatic N) is 2. The molecule has 0 aliphatic heterocycles. The molecule has 3 aromatic carbocycles. The maximum atomic E-state index is 12.8. The van der Waals surface area contributed by atoms with Gasteiger partial charge in [-0.25, -0.2) is 13.1 Å². The van der Waals surface area contributed by atoms with Gasteiger partial charge in [-0.05, 0) is 42.8 Å². The fourth-order valence-corrected chi connectivity index (χ4v) is 4.06. The predicted octanol–water partition coefficient (Wildman–Crippen LogP) is 4.20. The fraction of sp³-hybridized carbons (Fsp3) is 0.130. The second kappa shape index (κ2) is 8.71. The van der Waals surface area contributed by atoms with Gasteiger partial charge in [0.05, 0.1) is 12.0 Å². The van der Waals surface area contributed by atoms with Gasteiger partial charge in [0.25, 0.3) is 5.89 Å². The van der Waals surface area contributed by atoms with E-state index in [2.05, 4.69) is 14.9 Å². The Bertz CT molecular complexity index is 1300. The van der Waals surface area contributed by atoms with Crippen LogP contribution >= 0.6 is 0 Å². The van der Waals surface area contributed by atoms with Gasteiger partial charge in [0.2, 0.25) is 15.8 Å². The topological polar surface area (TPSA) is 94.3 Å². The van der Waals surface area contributed by atoms with E-state index in [1.54, 1.807) is 31.4 Å². The van der Waals surface area contributed by atoms with Crippen LogP contribution < -0.4 is 9.46 Å². The second-order valence-corrected chi connectivity index (χ2v) is 8.76. The molecule has 1 heterocycles. The number of aryl methyl sites for hydroxylation is 1. The van der Waals surface area contributed by atoms with E-state index in [1.807, 2.05) is 43.3 Å². The third-order valence-corrected chi connectivity index (χ3v) is 6.13. The van der Waals surface area contributed by atoms with Crippen LogP contribution in [0.5, 0.6) is 5.75 Å². The van der Waals surface area contributed by atoms with Gasteiger partial charge in [0, 0.05) is 17.7 Å². The van der Waals surface area contributed by atoms with Crippen LogP contribution in [-0.2, 0) is 16.6 Å². The molecule has 158 valence electrons. The molecule has 0 spiro atoms. The first-order valence-corrected chi connectivity index (χ1v) is 11.1. The smallest absolute Gasteiger partial charge is 0.258 e. The van der Waals surface area contributed by atoms with Gasteiger partial charge in [-0.2, -0.15) is 4.98 Å². The van der Waals surface area contributed by atoms with E-state index in [0.717, 1.165) is 16.7 Å². The first-order valence-electron chi connectivity index (χ1n) is 9.58. The van der Waals surface area contributed by atoms with Crippen molar-refractivity contribution in [2.75, 3.05) is 7.11 Å². The summed E-state index contributed by atoms with van der Waals surface area (Å²) in [6.45, 7) is 2.14. The summed E-state index contributed by atoms with van der Waals surface area (Å²) < 4.78 is 38.7. The lowest BCUT2D eigenvalue weighted by Gasteiger charge is -2.08. The van der Waals surface area contributed by atoms with Gasteiger partial charge in [0.15, 0.2) is 0 Å². The van der Waals surface area contributed by atoms with Crippen molar-refractivity contribution in [1.29, 1.82) is 0 Å². The second-order valence-electron chi connectivity index (χ2n) is 6.99. The molecule has 1 aromatic heterocycles. The van der Waals surface area contributed by atoms with Crippen LogP contribution in [0.2, 0.25) is 0 Å². The van der Waals surface area contributed by atoms with Gasteiger partial charge in [0.1, 0.15) is 5.75 Å². The number of rotatable bonds is 7. The van der Waals surface area contributed by atoms with Gasteiger partial charge >= 0.3 is 0 Å². The van der Waals surface area contributed by atoms with Crippen molar-refractivity contribution in [3.63, 3.8) is 0 Å². The van der Waals surface area contributed by atoms with Gasteiger partial charge in [-0.1, -0.05) is 53.2 Å². The summed E-state index contributed by atoms with van der Waals surface area (Å²) in [4.78, 5) is 4.52. The van der Waals surface area contributed by atoms with Crippen molar-refractivity contribution in [1.82, 2.24) is 14.9 Å². The number of hydrogen-bond acceptors (Lipinski definition) is 6. The summed E-state index contributed by atoms with van der Waals surface area (Å²) in [7, 11) is -2.17. The summed E-state index contributed by atoms with van der Waals surface area (Å²) >= 11 is 0. The van der Waals surface area contributed by atoms with Gasteiger partial charge in [-0.3, -0.25) is 0 Å². The summed E-state index contributed by atoms with van der Waals surface area (Å²) in [6, 6.07) is 21.4. The molecule has 0 saturated carbocycles. The average molecular weight is 436 g/mol. The van der Waals surface area contributed by atoms with E-state index in [1.165, 1.54) is 12.1 Å². The lowest BCUT2D eigenvalue weighted by atomic mass is 10.1. The number of aromatic nitrogens is 2. The lowest BCUT2D eigenvalue weighted by molar-refractivity contribution is 0.414. The molecule has 0 bridgehead atoms. The zero-order valence-electron chi connectivity index (χ0n) is 17.1. The SMILES string of the molecule is COc1cccc(CNS(=O)(=O)c2cccc(-c3nc(-c4ccc(C)cc4)no3)c2)c1. The molecule has 0 aliphatic rings. The van der Waals surface area contributed by atoms with Crippen molar-refractivity contribution in [3.05, 3.63) is 83.9 Å². The van der Waals surface area contributed by atoms with E-state index >= 15 is 0 Å². The van der Waals surface area contributed by atoms with Gasteiger partial charge < -0.3 is 9.26 Å². The maximum Gasteiger partial charge on any atom is 0.258 e. The first-order chi connectivity index (χ1) is 14.9. The Morgan fingerprint density at radius 2 is 1.74 bits per heavy atom. The van der Waals surface area contributed by atoms with E-state index < -0.39 is 10.0 Å². The van der Waals surface area contributed by atoms with Crippen LogP contribution in [0.4, 0.5) is 0 Å². The largest absolute Gasteiger partial charge is 0.497 e. The Labute approximate surface area is 180 Å². The molecule has 0 amide bonds. The Kier molecular flexibility index (Phi) is 5.83. The summed E-state index contributed by atoms with van der Waals surface area (Å²) in [5, 5.41) is 4.01. The molecule has 4 aromatic rings. The van der Waals surface area contributed by atoms with Crippen molar-refractivity contribution in [3.8, 4) is 28.6 Å². The minimum Gasteiger partial charge on any atom is -0.497 e. The first kappa shape index (κ1) is 20.8. The Balaban J connectivity index is 1.54. The molecule has 4 rings (SSSR count). The maximum absolute atomic E-state index is 12.8. The quantitative estimate of drug-likeness (QED) is 0.468. The van der Waals surface area contributed by atoms with Crippen LogP contribution in [-0.4, -0.2) is 25.7 Å². The number of hydrogen-bond donors (Lipinski definition) is 1. The van der Waals surface area contributed by atoms with Crippen LogP contribution in [0, 0.1) is 6.92 Å². The van der Waals surface area contributed by atoms with E-state index in [-0.39, 0.29) is 17.3 Å². The minimum absolute atomic E-state index is 0.114. The highest BCUT2D eigenvalue weighted by molar-refractivity contribution is 7.89. The third-order valence-electron chi connectivity index (χ3n) is 4.73. The zero-order valence-corrected chi connectivity index (χ0v) is 17.9. The lowest BCUT2D eigenvalue weighted by Crippen LogP contribution is -2.23. The summed E-state index contributed by atoms with van der Waals surface area (Å²) in [5.41, 5.74) is 3.27. The van der Waals surface area contributed by atoms with Crippen molar-refractivity contribution < 1.29 is 17.7 Å². The van der Waals surface area contributed by atoms with Crippen LogP contribution in [0.3, 0.4) is 0 Å². The number of nitrogens with one attached hydrogen (secondary N) is 1. The molecule has 0 fully saturated rings. The van der Waals surface area contributed by atoms with E-state index in [4.69, 9.17) is 9.26 Å². The number of sulfonamides is 1. The number of methoxy groups -OCH3 is 1. The highest BCUT2D eigenvalue weighted by Crippen LogP contribution is 2.24.